The second kappa shape index (κ2) is 6.72. The van der Waals surface area contributed by atoms with E-state index in [0.717, 1.165) is 0 Å². The van der Waals surface area contributed by atoms with Gasteiger partial charge in [0, 0.05) is 10.7 Å². The Bertz CT molecular complexity index is 634. The molecule has 0 spiro atoms. The molecule has 0 saturated heterocycles. The minimum atomic E-state index is -0.315. The second-order valence-electron chi connectivity index (χ2n) is 3.84. The van der Waals surface area contributed by atoms with Crippen molar-refractivity contribution in [2.24, 2.45) is 0 Å². The van der Waals surface area contributed by atoms with Gasteiger partial charge in [0.25, 0.3) is 5.91 Å². The van der Waals surface area contributed by atoms with E-state index >= 15 is 0 Å². The average molecular weight is 356 g/mol. The van der Waals surface area contributed by atoms with Crippen molar-refractivity contribution in [1.29, 1.82) is 0 Å². The van der Waals surface area contributed by atoms with E-state index in [4.69, 9.17) is 16.3 Å². The van der Waals surface area contributed by atoms with Crippen molar-refractivity contribution in [3.05, 3.63) is 51.6 Å². The lowest BCUT2D eigenvalue weighted by atomic mass is 10.2. The Morgan fingerprint density at radius 2 is 2.20 bits per heavy atom. The van der Waals surface area contributed by atoms with E-state index in [2.05, 4.69) is 26.2 Å². The van der Waals surface area contributed by atoms with E-state index in [1.807, 2.05) is 6.92 Å². The highest BCUT2D eigenvalue weighted by atomic mass is 79.9. The molecule has 1 amide bonds. The van der Waals surface area contributed by atoms with Crippen LogP contribution in [0, 0.1) is 0 Å². The summed E-state index contributed by atoms with van der Waals surface area (Å²) in [5, 5.41) is 3.12. The van der Waals surface area contributed by atoms with Crippen molar-refractivity contribution in [1.82, 2.24) is 4.98 Å². The van der Waals surface area contributed by atoms with Crippen LogP contribution in [0.2, 0.25) is 5.02 Å². The fourth-order valence-electron chi connectivity index (χ4n) is 1.61. The van der Waals surface area contributed by atoms with E-state index in [1.165, 1.54) is 0 Å². The summed E-state index contributed by atoms with van der Waals surface area (Å²) in [7, 11) is 0. The summed E-state index contributed by atoms with van der Waals surface area (Å²) in [5.74, 6) is 0.0692. The highest BCUT2D eigenvalue weighted by Gasteiger charge is 2.14. The number of nitrogens with zero attached hydrogens (tertiary/aromatic N) is 1. The Kier molecular flexibility index (Phi) is 4.98. The first kappa shape index (κ1) is 14.8. The lowest BCUT2D eigenvalue weighted by molar-refractivity contribution is 0.102. The number of halogens is 2. The van der Waals surface area contributed by atoms with E-state index in [0.29, 0.717) is 33.2 Å². The summed E-state index contributed by atoms with van der Waals surface area (Å²) >= 11 is 9.39. The zero-order chi connectivity index (χ0) is 14.5. The number of pyridine rings is 1. The number of anilines is 1. The van der Waals surface area contributed by atoms with E-state index in [-0.39, 0.29) is 5.91 Å². The molecule has 0 aliphatic heterocycles. The monoisotopic (exact) mass is 354 g/mol. The Balaban J connectivity index is 2.26. The topological polar surface area (TPSA) is 51.2 Å². The number of hydrogen-bond donors (Lipinski definition) is 1. The van der Waals surface area contributed by atoms with E-state index < -0.39 is 0 Å². The summed E-state index contributed by atoms with van der Waals surface area (Å²) in [4.78, 5) is 16.3. The molecule has 0 fully saturated rings. The summed E-state index contributed by atoms with van der Waals surface area (Å²) in [5.41, 5.74) is 0.891. The maximum Gasteiger partial charge on any atom is 0.257 e. The lowest BCUT2D eigenvalue weighted by Crippen LogP contribution is -2.14. The SMILES string of the molecule is CCOc1ncccc1NC(=O)c1cccc(Br)c1Cl. The molecule has 1 aromatic heterocycles. The number of amides is 1. The van der Waals surface area contributed by atoms with Crippen molar-refractivity contribution in [3.63, 3.8) is 0 Å². The molecule has 0 bridgehead atoms. The third kappa shape index (κ3) is 3.29. The van der Waals surface area contributed by atoms with Crippen molar-refractivity contribution >= 4 is 39.1 Å². The van der Waals surface area contributed by atoms with Crippen molar-refractivity contribution < 1.29 is 9.53 Å². The van der Waals surface area contributed by atoms with Crippen LogP contribution in [0.3, 0.4) is 0 Å². The van der Waals surface area contributed by atoms with Crippen molar-refractivity contribution in [2.45, 2.75) is 6.92 Å². The van der Waals surface area contributed by atoms with Gasteiger partial charge in [-0.25, -0.2) is 4.98 Å². The summed E-state index contributed by atoms with van der Waals surface area (Å²) in [6, 6.07) is 8.62. The van der Waals surface area contributed by atoms with Gasteiger partial charge in [0.05, 0.1) is 17.2 Å². The third-order valence-electron chi connectivity index (χ3n) is 2.50. The normalized spacial score (nSPS) is 10.2. The molecule has 0 aliphatic rings. The Labute approximate surface area is 130 Å². The summed E-state index contributed by atoms with van der Waals surface area (Å²) in [6.45, 7) is 2.32. The van der Waals surface area contributed by atoms with Crippen LogP contribution in [-0.4, -0.2) is 17.5 Å². The largest absolute Gasteiger partial charge is 0.476 e. The average Bonchev–Trinajstić information content (AvgIpc) is 2.44. The highest BCUT2D eigenvalue weighted by Crippen LogP contribution is 2.28. The van der Waals surface area contributed by atoms with Gasteiger partial charge in [-0.3, -0.25) is 4.79 Å². The van der Waals surface area contributed by atoms with Gasteiger partial charge < -0.3 is 10.1 Å². The molecular weight excluding hydrogens is 344 g/mol. The van der Waals surface area contributed by atoms with Crippen LogP contribution in [0.4, 0.5) is 5.69 Å². The summed E-state index contributed by atoms with van der Waals surface area (Å²) in [6.07, 6.45) is 1.60. The molecule has 2 rings (SSSR count). The zero-order valence-corrected chi connectivity index (χ0v) is 13.0. The van der Waals surface area contributed by atoms with E-state index in [1.54, 1.807) is 36.5 Å². The van der Waals surface area contributed by atoms with Crippen molar-refractivity contribution in [2.75, 3.05) is 11.9 Å². The van der Waals surface area contributed by atoms with Crippen LogP contribution in [0.5, 0.6) is 5.88 Å². The lowest BCUT2D eigenvalue weighted by Gasteiger charge is -2.11. The van der Waals surface area contributed by atoms with Gasteiger partial charge >= 0.3 is 0 Å². The molecule has 0 saturated carbocycles. The number of benzene rings is 1. The smallest absolute Gasteiger partial charge is 0.257 e. The fraction of sp³-hybridized carbons (Fsp3) is 0.143. The number of rotatable bonds is 4. The number of aromatic nitrogens is 1. The maximum atomic E-state index is 12.2. The first-order chi connectivity index (χ1) is 9.63. The molecule has 104 valence electrons. The standard InChI is InChI=1S/C14H12BrClN2O2/c1-2-20-14-11(7-4-8-17-14)18-13(19)9-5-3-6-10(15)12(9)16/h3-8H,2H2,1H3,(H,18,19). The van der Waals surface area contributed by atoms with Crippen LogP contribution in [-0.2, 0) is 0 Å². The molecule has 0 radical (unpaired) electrons. The number of nitrogens with one attached hydrogen (secondary N) is 1. The Hall–Kier alpha value is -1.59. The maximum absolute atomic E-state index is 12.2. The Morgan fingerprint density at radius 3 is 2.95 bits per heavy atom. The third-order valence-corrected chi connectivity index (χ3v) is 3.79. The predicted octanol–water partition coefficient (Wildman–Crippen LogP) is 4.15. The number of carbonyl (C=O) groups is 1. The van der Waals surface area contributed by atoms with Gasteiger partial charge in [0.2, 0.25) is 5.88 Å². The van der Waals surface area contributed by atoms with Gasteiger partial charge in [0.15, 0.2) is 0 Å². The second-order valence-corrected chi connectivity index (χ2v) is 5.08. The molecule has 4 nitrogen and oxygen atoms in total. The quantitative estimate of drug-likeness (QED) is 0.896. The first-order valence-electron chi connectivity index (χ1n) is 5.96. The predicted molar refractivity (Wildman–Crippen MR) is 82.5 cm³/mol. The minimum Gasteiger partial charge on any atom is -0.476 e. The highest BCUT2D eigenvalue weighted by molar-refractivity contribution is 9.10. The van der Waals surface area contributed by atoms with Crippen LogP contribution < -0.4 is 10.1 Å². The van der Waals surface area contributed by atoms with Gasteiger partial charge in [-0.1, -0.05) is 17.7 Å². The van der Waals surface area contributed by atoms with Crippen molar-refractivity contribution in [3.8, 4) is 5.88 Å². The zero-order valence-electron chi connectivity index (χ0n) is 10.7. The van der Waals surface area contributed by atoms with Crippen LogP contribution in [0.25, 0.3) is 0 Å². The molecular formula is C14H12BrClN2O2. The van der Waals surface area contributed by atoms with Crippen LogP contribution in [0.15, 0.2) is 41.0 Å². The number of hydrogen-bond acceptors (Lipinski definition) is 3. The Morgan fingerprint density at radius 1 is 1.40 bits per heavy atom. The molecule has 1 aromatic carbocycles. The fourth-order valence-corrected chi connectivity index (χ4v) is 2.18. The molecule has 0 aliphatic carbocycles. The minimum absolute atomic E-state index is 0.315. The molecule has 2 aromatic rings. The number of carbonyl (C=O) groups excluding carboxylic acids is 1. The molecule has 1 heterocycles. The molecule has 20 heavy (non-hydrogen) atoms. The number of ether oxygens (including phenoxy) is 1. The molecule has 0 unspecified atom stereocenters. The van der Waals surface area contributed by atoms with Gasteiger partial charge in [-0.2, -0.15) is 0 Å². The first-order valence-corrected chi connectivity index (χ1v) is 7.13. The van der Waals surface area contributed by atoms with Gasteiger partial charge in [-0.05, 0) is 47.1 Å². The van der Waals surface area contributed by atoms with Crippen LogP contribution in [0.1, 0.15) is 17.3 Å². The van der Waals surface area contributed by atoms with Crippen LogP contribution >= 0.6 is 27.5 Å². The van der Waals surface area contributed by atoms with E-state index in [9.17, 15) is 4.79 Å². The molecule has 6 heteroatoms. The molecule has 1 N–H and O–H groups in total. The summed E-state index contributed by atoms with van der Waals surface area (Å²) < 4.78 is 6.03. The van der Waals surface area contributed by atoms with Gasteiger partial charge in [0.1, 0.15) is 5.69 Å². The molecule has 0 atom stereocenters. The van der Waals surface area contributed by atoms with Gasteiger partial charge in [-0.15, -0.1) is 0 Å².